The molecule has 4 heterocycles. The second-order valence-electron chi connectivity index (χ2n) is 19.4. The van der Waals surface area contributed by atoms with E-state index in [1.807, 2.05) is 31.2 Å². The van der Waals surface area contributed by atoms with Crippen LogP contribution in [-0.4, -0.2) is 59.0 Å². The number of hydrogen-bond acceptors (Lipinski definition) is 11. The molecule has 11 heteroatoms. The molecular weight excluding hydrogens is 897 g/mol. The van der Waals surface area contributed by atoms with Crippen LogP contribution in [0.5, 0.6) is 5.75 Å². The third-order valence-electron chi connectivity index (χ3n) is 14.7. The fourth-order valence-corrected chi connectivity index (χ4v) is 10.9. The minimum Gasteiger partial charge on any atom is -0.483 e. The Morgan fingerprint density at radius 1 is 0.761 bits per heavy atom. The lowest BCUT2D eigenvalue weighted by atomic mass is 9.72. The molecule has 368 valence electrons. The maximum atomic E-state index is 15.2. The van der Waals surface area contributed by atoms with E-state index in [-0.39, 0.29) is 78.3 Å². The van der Waals surface area contributed by atoms with E-state index in [2.05, 4.69) is 97.1 Å². The summed E-state index contributed by atoms with van der Waals surface area (Å²) in [6.07, 6.45) is 5.80. The van der Waals surface area contributed by atoms with Crippen LogP contribution in [0.2, 0.25) is 0 Å². The number of esters is 2. The van der Waals surface area contributed by atoms with Gasteiger partial charge in [-0.2, -0.15) is 0 Å². The van der Waals surface area contributed by atoms with Gasteiger partial charge in [0, 0.05) is 41.2 Å². The van der Waals surface area contributed by atoms with Gasteiger partial charge in [0.15, 0.2) is 12.2 Å². The maximum absolute atomic E-state index is 15.2. The molecule has 5 aromatic carbocycles. The topological polar surface area (TPSA) is 162 Å². The summed E-state index contributed by atoms with van der Waals surface area (Å²) < 4.78 is 31.7. The second kappa shape index (κ2) is 22.2. The number of hydrogen-bond donors (Lipinski definition) is 3. The predicted octanol–water partition coefficient (Wildman–Crippen LogP) is 9.84. The summed E-state index contributed by atoms with van der Waals surface area (Å²) in [7, 11) is 0. The van der Waals surface area contributed by atoms with Crippen molar-refractivity contribution in [3.63, 3.8) is 0 Å². The first kappa shape index (κ1) is 49.4. The van der Waals surface area contributed by atoms with Crippen LogP contribution in [0.25, 0.3) is 11.0 Å². The van der Waals surface area contributed by atoms with Crippen molar-refractivity contribution in [1.82, 2.24) is 0 Å². The number of aliphatic hydroxyl groups excluding tert-OH is 3. The van der Waals surface area contributed by atoms with E-state index in [1.165, 1.54) is 11.1 Å². The third kappa shape index (κ3) is 11.0. The van der Waals surface area contributed by atoms with Crippen LogP contribution in [0.3, 0.4) is 0 Å². The maximum Gasteiger partial charge on any atom is 0.339 e. The number of carbonyl (C=O) groups is 2. The molecule has 2 bridgehead atoms. The van der Waals surface area contributed by atoms with Crippen LogP contribution in [0.4, 0.5) is 0 Å². The molecule has 4 aliphatic rings. The molecule has 11 nitrogen and oxygen atoms in total. The molecule has 0 fully saturated rings. The number of aliphatic hydroxyl groups is 3. The van der Waals surface area contributed by atoms with Gasteiger partial charge in [0.25, 0.3) is 0 Å². The van der Waals surface area contributed by atoms with Gasteiger partial charge in [0.05, 0.1) is 25.4 Å². The SMILES string of the molecule is C/C(CO)=C1\CCc2ccc(cc2)[C@@H]2C=C[C@@H](c3cccc(Cc4ccccc4)c3)C[C@@H]2CC(=O)O[C@@H]2c3c(ccc4c(CO)c(CCOCO)c(=O)oc34)O[C@@](C)(CCCc3ccccc3)[C@H]2OC1=O. The zero-order chi connectivity index (χ0) is 49.5. The highest BCUT2D eigenvalue weighted by atomic mass is 16.6. The van der Waals surface area contributed by atoms with Crippen molar-refractivity contribution in [2.24, 2.45) is 5.92 Å². The third-order valence-corrected chi connectivity index (χ3v) is 14.7. The fraction of sp³-hybridized carbons (Fsp3) is 0.350. The highest BCUT2D eigenvalue weighted by molar-refractivity contribution is 5.90. The van der Waals surface area contributed by atoms with Crippen LogP contribution in [-0.2, 0) is 56.1 Å². The van der Waals surface area contributed by atoms with E-state index in [4.69, 9.17) is 23.4 Å². The molecule has 6 atom stereocenters. The lowest BCUT2D eigenvalue weighted by Crippen LogP contribution is -2.54. The minimum absolute atomic E-state index is 0.00215. The Morgan fingerprint density at radius 3 is 2.24 bits per heavy atom. The number of aryl methyl sites for hydroxylation is 2. The van der Waals surface area contributed by atoms with Crippen molar-refractivity contribution < 1.29 is 48.3 Å². The van der Waals surface area contributed by atoms with E-state index in [9.17, 15) is 24.9 Å². The Kier molecular flexibility index (Phi) is 15.4. The summed E-state index contributed by atoms with van der Waals surface area (Å²) in [5, 5.41) is 31.0. The first-order valence-electron chi connectivity index (χ1n) is 24.8. The Bertz CT molecular complexity index is 2960. The fourth-order valence-electron chi connectivity index (χ4n) is 10.9. The average Bonchev–Trinajstić information content (AvgIpc) is 3.38. The summed E-state index contributed by atoms with van der Waals surface area (Å²) in [5.74, 6) is -1.27. The molecular formula is C60H62O11. The summed E-state index contributed by atoms with van der Waals surface area (Å²) in [4.78, 5) is 43.9. The Labute approximate surface area is 414 Å². The molecule has 0 saturated heterocycles. The molecule has 1 aromatic heterocycles. The van der Waals surface area contributed by atoms with Gasteiger partial charge in [-0.3, -0.25) is 4.79 Å². The summed E-state index contributed by atoms with van der Waals surface area (Å²) in [6.45, 7) is 2.10. The molecule has 71 heavy (non-hydrogen) atoms. The first-order chi connectivity index (χ1) is 34.5. The number of ether oxygens (including phenoxy) is 4. The normalized spacial score (nSPS) is 23.0. The van der Waals surface area contributed by atoms with Gasteiger partial charge in [-0.1, -0.05) is 121 Å². The van der Waals surface area contributed by atoms with Gasteiger partial charge in [-0.15, -0.1) is 0 Å². The zero-order valence-corrected chi connectivity index (χ0v) is 40.4. The highest BCUT2D eigenvalue weighted by Crippen LogP contribution is 2.50. The van der Waals surface area contributed by atoms with Gasteiger partial charge in [0.1, 0.15) is 23.7 Å². The lowest BCUT2D eigenvalue weighted by Gasteiger charge is -2.45. The number of carbonyl (C=O) groups excluding carboxylic acids is 2. The van der Waals surface area contributed by atoms with Crippen LogP contribution in [0.1, 0.15) is 114 Å². The van der Waals surface area contributed by atoms with E-state index in [1.54, 1.807) is 19.1 Å². The quantitative estimate of drug-likeness (QED) is 0.0252. The lowest BCUT2D eigenvalue weighted by molar-refractivity contribution is -0.192. The molecule has 10 rings (SSSR count). The van der Waals surface area contributed by atoms with Gasteiger partial charge in [-0.25, -0.2) is 9.59 Å². The standard InChI is InChI=1S/C60H62O11/c1-38(35-61)47-24-20-40-18-21-43(22-19-40)48-25-23-45(44-17-9-15-42(32-44)31-41-13-7-4-8-14-41)33-46(48)34-53(64)68-56-54-52(27-26-49-51(36-62)50(28-30-67-37-63)59(66)69-55(49)54)71-60(2,57(56)70-58(47)65)29-10-16-39-11-5-3-6-12-39/h3-9,11-15,17-19,21-23,25-27,32,45-46,48,56-57,61-63H,10,16,20,24,28-31,33-37H2,1-2H3/b47-38-/t45-,46-,48+,56-,57+,60+/m1/s1. The zero-order valence-electron chi connectivity index (χ0n) is 40.4. The average molecular weight is 959 g/mol. The smallest absolute Gasteiger partial charge is 0.339 e. The molecule has 3 N–H and O–H groups in total. The van der Waals surface area contributed by atoms with Crippen LogP contribution >= 0.6 is 0 Å². The van der Waals surface area contributed by atoms with E-state index >= 15 is 4.79 Å². The molecule has 6 aromatic rings. The van der Waals surface area contributed by atoms with Crippen molar-refractivity contribution in [3.05, 3.63) is 205 Å². The summed E-state index contributed by atoms with van der Waals surface area (Å²) in [5.41, 5.74) is 6.15. The summed E-state index contributed by atoms with van der Waals surface area (Å²) in [6, 6.07) is 40.8. The molecule has 0 spiro atoms. The van der Waals surface area contributed by atoms with Crippen molar-refractivity contribution >= 4 is 22.9 Å². The largest absolute Gasteiger partial charge is 0.483 e. The molecule has 3 aliphatic heterocycles. The number of benzene rings is 5. The van der Waals surface area contributed by atoms with Gasteiger partial charge >= 0.3 is 17.6 Å². The second-order valence-corrected chi connectivity index (χ2v) is 19.4. The first-order valence-corrected chi connectivity index (χ1v) is 24.8. The van der Waals surface area contributed by atoms with Gasteiger partial charge in [-0.05, 0) is 121 Å². The minimum atomic E-state index is -1.34. The van der Waals surface area contributed by atoms with Crippen molar-refractivity contribution in [2.45, 2.75) is 108 Å². The summed E-state index contributed by atoms with van der Waals surface area (Å²) >= 11 is 0. The Hall–Kier alpha value is -6.63. The monoisotopic (exact) mass is 958 g/mol. The number of fused-ring (bicyclic) bond motifs is 11. The molecule has 0 saturated carbocycles. The van der Waals surface area contributed by atoms with E-state index in [0.29, 0.717) is 48.6 Å². The van der Waals surface area contributed by atoms with E-state index < -0.39 is 48.8 Å². The van der Waals surface area contributed by atoms with Crippen LogP contribution < -0.4 is 10.4 Å². The van der Waals surface area contributed by atoms with E-state index in [0.717, 1.165) is 28.7 Å². The Morgan fingerprint density at radius 2 is 1.51 bits per heavy atom. The number of allylic oxidation sites excluding steroid dienone is 2. The molecule has 1 aliphatic carbocycles. The predicted molar refractivity (Wildman–Crippen MR) is 270 cm³/mol. The van der Waals surface area contributed by atoms with Crippen LogP contribution in [0, 0.1) is 5.92 Å². The van der Waals surface area contributed by atoms with Crippen LogP contribution in [0.15, 0.2) is 154 Å². The van der Waals surface area contributed by atoms with Crippen molar-refractivity contribution in [1.29, 1.82) is 0 Å². The van der Waals surface area contributed by atoms with Crippen molar-refractivity contribution in [2.75, 3.05) is 20.0 Å². The number of rotatable bonds is 13. The Balaban J connectivity index is 1.16. The van der Waals surface area contributed by atoms with Gasteiger partial charge in [0.2, 0.25) is 0 Å². The molecule has 0 amide bonds. The highest BCUT2D eigenvalue weighted by Gasteiger charge is 2.53. The van der Waals surface area contributed by atoms with Crippen molar-refractivity contribution in [3.8, 4) is 5.75 Å². The molecule has 0 radical (unpaired) electrons. The molecule has 0 unspecified atom stereocenters. The van der Waals surface area contributed by atoms with Gasteiger partial charge < -0.3 is 38.7 Å².